The van der Waals surface area contributed by atoms with Crippen molar-refractivity contribution in [1.29, 1.82) is 0 Å². The van der Waals surface area contributed by atoms with E-state index >= 15 is 0 Å². The zero-order valence-electron chi connectivity index (χ0n) is 10.5. The average Bonchev–Trinajstić information content (AvgIpc) is 3.19. The van der Waals surface area contributed by atoms with Crippen LogP contribution in [0.2, 0.25) is 0 Å². The number of halogens is 1. The maximum Gasteiger partial charge on any atom is 0.327 e. The summed E-state index contributed by atoms with van der Waals surface area (Å²) in [5, 5.41) is 0. The van der Waals surface area contributed by atoms with E-state index in [1.165, 1.54) is 20.3 Å². The first-order valence-corrected chi connectivity index (χ1v) is 7.83. The summed E-state index contributed by atoms with van der Waals surface area (Å²) >= 11 is 3.22. The Morgan fingerprint density at radius 2 is 1.95 bits per heavy atom. The number of esters is 1. The SMILES string of the molecule is COC(=O)C1(S(=O)(=O)c2cc(Br)ccc2OC)CC1. The van der Waals surface area contributed by atoms with Crippen molar-refractivity contribution >= 4 is 31.7 Å². The summed E-state index contributed by atoms with van der Waals surface area (Å²) in [5.74, 6) is -0.493. The van der Waals surface area contributed by atoms with E-state index < -0.39 is 20.6 Å². The van der Waals surface area contributed by atoms with Crippen molar-refractivity contribution in [3.63, 3.8) is 0 Å². The maximum absolute atomic E-state index is 12.6. The average molecular weight is 349 g/mol. The Morgan fingerprint density at radius 1 is 1.32 bits per heavy atom. The van der Waals surface area contributed by atoms with Gasteiger partial charge in [-0.1, -0.05) is 15.9 Å². The van der Waals surface area contributed by atoms with Crippen LogP contribution in [0.5, 0.6) is 5.75 Å². The molecule has 0 aliphatic heterocycles. The lowest BCUT2D eigenvalue weighted by Gasteiger charge is -2.16. The molecule has 0 N–H and O–H groups in total. The normalized spacial score (nSPS) is 16.8. The van der Waals surface area contributed by atoms with Crippen molar-refractivity contribution < 1.29 is 22.7 Å². The van der Waals surface area contributed by atoms with Crippen LogP contribution < -0.4 is 4.74 Å². The fraction of sp³-hybridized carbons (Fsp3) is 0.417. The minimum atomic E-state index is -3.83. The number of sulfone groups is 1. The molecular weight excluding hydrogens is 336 g/mol. The van der Waals surface area contributed by atoms with Crippen LogP contribution in [0.15, 0.2) is 27.6 Å². The Balaban J connectivity index is 2.58. The van der Waals surface area contributed by atoms with E-state index in [2.05, 4.69) is 20.7 Å². The monoisotopic (exact) mass is 348 g/mol. The number of hydrogen-bond acceptors (Lipinski definition) is 5. The highest BCUT2D eigenvalue weighted by Crippen LogP contribution is 2.49. The Labute approximate surface area is 119 Å². The molecule has 0 bridgehead atoms. The quantitative estimate of drug-likeness (QED) is 0.777. The van der Waals surface area contributed by atoms with Crippen LogP contribution in [0.1, 0.15) is 12.8 Å². The smallest absolute Gasteiger partial charge is 0.327 e. The highest BCUT2D eigenvalue weighted by atomic mass is 79.9. The summed E-state index contributed by atoms with van der Waals surface area (Å²) in [5.41, 5.74) is 0. The topological polar surface area (TPSA) is 69.7 Å². The lowest BCUT2D eigenvalue weighted by Crippen LogP contribution is -2.34. The molecule has 104 valence electrons. The Hall–Kier alpha value is -1.08. The number of ether oxygens (including phenoxy) is 2. The zero-order valence-corrected chi connectivity index (χ0v) is 12.9. The van der Waals surface area contributed by atoms with Gasteiger partial charge in [0.2, 0.25) is 0 Å². The van der Waals surface area contributed by atoms with E-state index in [1.54, 1.807) is 12.1 Å². The molecular formula is C12H13BrO5S. The van der Waals surface area contributed by atoms with Gasteiger partial charge in [0.05, 0.1) is 14.2 Å². The number of carbonyl (C=O) groups is 1. The number of methoxy groups -OCH3 is 2. The molecule has 0 unspecified atom stereocenters. The first-order chi connectivity index (χ1) is 8.89. The fourth-order valence-corrected chi connectivity index (χ4v) is 4.53. The van der Waals surface area contributed by atoms with Crippen LogP contribution in [-0.4, -0.2) is 33.4 Å². The van der Waals surface area contributed by atoms with Crippen LogP contribution in [-0.2, 0) is 19.4 Å². The Kier molecular flexibility index (Phi) is 3.61. The molecule has 0 amide bonds. The molecule has 19 heavy (non-hydrogen) atoms. The van der Waals surface area contributed by atoms with Gasteiger partial charge in [0.1, 0.15) is 10.6 Å². The van der Waals surface area contributed by atoms with Crippen molar-refractivity contribution in [3.05, 3.63) is 22.7 Å². The minimum absolute atomic E-state index is 0.00674. The van der Waals surface area contributed by atoms with Gasteiger partial charge in [-0.25, -0.2) is 8.42 Å². The van der Waals surface area contributed by atoms with Gasteiger partial charge in [-0.2, -0.15) is 0 Å². The molecule has 0 radical (unpaired) electrons. The number of carbonyl (C=O) groups excluding carboxylic acids is 1. The maximum atomic E-state index is 12.6. The molecule has 1 aliphatic rings. The molecule has 1 aromatic carbocycles. The van der Waals surface area contributed by atoms with Gasteiger partial charge in [0, 0.05) is 4.47 Å². The lowest BCUT2D eigenvalue weighted by molar-refractivity contribution is -0.140. The van der Waals surface area contributed by atoms with Crippen molar-refractivity contribution in [2.45, 2.75) is 22.5 Å². The van der Waals surface area contributed by atoms with E-state index in [1.807, 2.05) is 0 Å². The van der Waals surface area contributed by atoms with Crippen LogP contribution in [0.4, 0.5) is 0 Å². The van der Waals surface area contributed by atoms with E-state index in [-0.39, 0.29) is 23.5 Å². The molecule has 1 saturated carbocycles. The standard InChI is InChI=1S/C12H13BrO5S/c1-17-9-4-3-8(13)7-10(9)19(15,16)12(5-6-12)11(14)18-2/h3-4,7H,5-6H2,1-2H3. The Bertz CT molecular complexity index is 619. The summed E-state index contributed by atoms with van der Waals surface area (Å²) < 4.78 is 34.1. The molecule has 2 rings (SSSR count). The highest BCUT2D eigenvalue weighted by Gasteiger charge is 2.63. The first-order valence-electron chi connectivity index (χ1n) is 5.55. The van der Waals surface area contributed by atoms with Crippen LogP contribution in [0.25, 0.3) is 0 Å². The van der Waals surface area contributed by atoms with Crippen molar-refractivity contribution in [2.24, 2.45) is 0 Å². The first kappa shape index (κ1) is 14.3. The second-order valence-electron chi connectivity index (χ2n) is 4.28. The third kappa shape index (κ3) is 2.14. The Morgan fingerprint density at radius 3 is 2.42 bits per heavy atom. The molecule has 0 heterocycles. The van der Waals surface area contributed by atoms with Gasteiger partial charge in [-0.3, -0.25) is 4.79 Å². The van der Waals surface area contributed by atoms with Crippen LogP contribution in [0.3, 0.4) is 0 Å². The molecule has 0 saturated heterocycles. The molecule has 1 fully saturated rings. The summed E-state index contributed by atoms with van der Waals surface area (Å²) in [6.45, 7) is 0. The van der Waals surface area contributed by atoms with Crippen molar-refractivity contribution in [2.75, 3.05) is 14.2 Å². The molecule has 0 aromatic heterocycles. The predicted molar refractivity (Wildman–Crippen MR) is 71.9 cm³/mol. The highest BCUT2D eigenvalue weighted by molar-refractivity contribution is 9.10. The second-order valence-corrected chi connectivity index (χ2v) is 7.43. The van der Waals surface area contributed by atoms with E-state index in [4.69, 9.17) is 4.74 Å². The summed E-state index contributed by atoms with van der Waals surface area (Å²) in [7, 11) is -1.25. The second kappa shape index (κ2) is 4.79. The molecule has 1 aromatic rings. The summed E-state index contributed by atoms with van der Waals surface area (Å²) in [6.07, 6.45) is 0.551. The predicted octanol–water partition coefficient (Wildman–Crippen LogP) is 1.94. The van der Waals surface area contributed by atoms with Gasteiger partial charge >= 0.3 is 5.97 Å². The van der Waals surface area contributed by atoms with Crippen molar-refractivity contribution in [1.82, 2.24) is 0 Å². The molecule has 1 aliphatic carbocycles. The van der Waals surface area contributed by atoms with Gasteiger partial charge in [0.25, 0.3) is 0 Å². The molecule has 0 spiro atoms. The van der Waals surface area contributed by atoms with Gasteiger partial charge in [-0.05, 0) is 31.0 Å². The number of benzene rings is 1. The van der Waals surface area contributed by atoms with Crippen molar-refractivity contribution in [3.8, 4) is 5.75 Å². The number of rotatable bonds is 4. The van der Waals surface area contributed by atoms with E-state index in [0.717, 1.165) is 0 Å². The zero-order chi connectivity index (χ0) is 14.3. The van der Waals surface area contributed by atoms with Gasteiger partial charge < -0.3 is 9.47 Å². The lowest BCUT2D eigenvalue weighted by atomic mass is 10.3. The fourth-order valence-electron chi connectivity index (χ4n) is 1.95. The van der Waals surface area contributed by atoms with Crippen LogP contribution >= 0.6 is 15.9 Å². The summed E-state index contributed by atoms with van der Waals surface area (Å²) in [6, 6.07) is 4.66. The third-order valence-corrected chi connectivity index (χ3v) is 6.19. The largest absolute Gasteiger partial charge is 0.495 e. The van der Waals surface area contributed by atoms with Gasteiger partial charge in [-0.15, -0.1) is 0 Å². The number of hydrogen-bond donors (Lipinski definition) is 0. The molecule has 7 heteroatoms. The third-order valence-electron chi connectivity index (χ3n) is 3.19. The van der Waals surface area contributed by atoms with Crippen LogP contribution in [0, 0.1) is 0 Å². The summed E-state index contributed by atoms with van der Waals surface area (Å²) in [4.78, 5) is 11.8. The minimum Gasteiger partial charge on any atom is -0.495 e. The van der Waals surface area contributed by atoms with Gasteiger partial charge in [0.15, 0.2) is 14.6 Å². The van der Waals surface area contributed by atoms with E-state index in [9.17, 15) is 13.2 Å². The molecule has 5 nitrogen and oxygen atoms in total. The van der Waals surface area contributed by atoms with E-state index in [0.29, 0.717) is 4.47 Å². The molecule has 0 atom stereocenters.